The lowest BCUT2D eigenvalue weighted by Gasteiger charge is -2.20. The summed E-state index contributed by atoms with van der Waals surface area (Å²) in [6, 6.07) is 21.6. The molecule has 3 rings (SSSR count). The fourth-order valence-electron chi connectivity index (χ4n) is 3.01. The molecule has 0 fully saturated rings. The molecule has 0 radical (unpaired) electrons. The SMILES string of the molecule is Cc1ccc(NC(=O)C(NC(=O)c2ccccc2)c2ccccc2)cc1OC(C)C(=O)O. The average molecular weight is 432 g/mol. The minimum atomic E-state index is -1.09. The second kappa shape index (κ2) is 10.3. The quantitative estimate of drug-likeness (QED) is 0.500. The summed E-state index contributed by atoms with van der Waals surface area (Å²) >= 11 is 0. The maximum atomic E-state index is 13.1. The summed E-state index contributed by atoms with van der Waals surface area (Å²) in [5, 5.41) is 14.7. The Bertz CT molecular complexity index is 1100. The summed E-state index contributed by atoms with van der Waals surface area (Å²) in [5.74, 6) is -1.56. The Hall–Kier alpha value is -4.13. The summed E-state index contributed by atoms with van der Waals surface area (Å²) in [5.41, 5.74) is 2.21. The zero-order chi connectivity index (χ0) is 23.1. The lowest BCUT2D eigenvalue weighted by molar-refractivity contribution is -0.144. The van der Waals surface area contributed by atoms with E-state index in [1.165, 1.54) is 6.92 Å². The third kappa shape index (κ3) is 5.72. The molecule has 32 heavy (non-hydrogen) atoms. The summed E-state index contributed by atoms with van der Waals surface area (Å²) in [4.78, 5) is 37.0. The number of aryl methyl sites for hydroxylation is 1. The number of aliphatic carboxylic acids is 1. The highest BCUT2D eigenvalue weighted by molar-refractivity contribution is 6.01. The zero-order valence-corrected chi connectivity index (χ0v) is 17.7. The highest BCUT2D eigenvalue weighted by Gasteiger charge is 2.24. The van der Waals surface area contributed by atoms with Crippen molar-refractivity contribution in [2.24, 2.45) is 0 Å². The molecule has 0 saturated heterocycles. The number of ether oxygens (including phenoxy) is 1. The monoisotopic (exact) mass is 432 g/mol. The number of rotatable bonds is 8. The van der Waals surface area contributed by atoms with E-state index in [4.69, 9.17) is 9.84 Å². The normalized spacial score (nSPS) is 12.3. The van der Waals surface area contributed by atoms with Gasteiger partial charge in [-0.15, -0.1) is 0 Å². The first-order valence-corrected chi connectivity index (χ1v) is 10.1. The van der Waals surface area contributed by atoms with Crippen molar-refractivity contribution in [3.8, 4) is 5.75 Å². The fourth-order valence-corrected chi connectivity index (χ4v) is 3.01. The molecule has 3 aromatic rings. The molecule has 164 valence electrons. The topological polar surface area (TPSA) is 105 Å². The molecule has 3 aromatic carbocycles. The van der Waals surface area contributed by atoms with Gasteiger partial charge in [-0.1, -0.05) is 54.6 Å². The van der Waals surface area contributed by atoms with E-state index in [0.29, 0.717) is 22.6 Å². The van der Waals surface area contributed by atoms with Crippen molar-refractivity contribution in [2.75, 3.05) is 5.32 Å². The molecule has 0 bridgehead atoms. The van der Waals surface area contributed by atoms with Crippen molar-refractivity contribution < 1.29 is 24.2 Å². The number of carboxylic acid groups (broad SMARTS) is 1. The molecule has 7 nitrogen and oxygen atoms in total. The summed E-state index contributed by atoms with van der Waals surface area (Å²) in [7, 11) is 0. The first-order chi connectivity index (χ1) is 15.3. The van der Waals surface area contributed by atoms with Crippen molar-refractivity contribution in [2.45, 2.75) is 26.0 Å². The van der Waals surface area contributed by atoms with Gasteiger partial charge in [0, 0.05) is 17.3 Å². The van der Waals surface area contributed by atoms with Crippen molar-refractivity contribution in [3.63, 3.8) is 0 Å². The van der Waals surface area contributed by atoms with Crippen LogP contribution in [0.1, 0.15) is 34.5 Å². The van der Waals surface area contributed by atoms with Crippen LogP contribution in [0.15, 0.2) is 78.9 Å². The third-order valence-electron chi connectivity index (χ3n) is 4.81. The van der Waals surface area contributed by atoms with Crippen LogP contribution < -0.4 is 15.4 Å². The average Bonchev–Trinajstić information content (AvgIpc) is 2.80. The Morgan fingerprint density at radius 3 is 2.16 bits per heavy atom. The molecule has 3 N–H and O–H groups in total. The number of carbonyl (C=O) groups is 3. The molecule has 0 heterocycles. The van der Waals surface area contributed by atoms with Crippen LogP contribution in [0.25, 0.3) is 0 Å². The number of hydrogen-bond donors (Lipinski definition) is 3. The molecule has 0 aliphatic rings. The van der Waals surface area contributed by atoms with Crippen LogP contribution >= 0.6 is 0 Å². The summed E-state index contributed by atoms with van der Waals surface area (Å²) < 4.78 is 5.48. The first kappa shape index (κ1) is 22.6. The molecule has 7 heteroatoms. The van der Waals surface area contributed by atoms with Crippen molar-refractivity contribution in [3.05, 3.63) is 95.6 Å². The summed E-state index contributed by atoms with van der Waals surface area (Å²) in [6.07, 6.45) is -1.04. The van der Waals surface area contributed by atoms with Crippen LogP contribution in [0.5, 0.6) is 5.75 Å². The van der Waals surface area contributed by atoms with E-state index in [1.54, 1.807) is 79.7 Å². The molecule has 0 saturated carbocycles. The predicted molar refractivity (Wildman–Crippen MR) is 121 cm³/mol. The third-order valence-corrected chi connectivity index (χ3v) is 4.81. The zero-order valence-electron chi connectivity index (χ0n) is 17.7. The fraction of sp³-hybridized carbons (Fsp3) is 0.160. The standard InChI is InChI=1S/C25H24N2O5/c1-16-13-14-20(15-21(16)32-17(2)25(30)31)26-24(29)22(18-9-5-3-6-10-18)27-23(28)19-11-7-4-8-12-19/h3-15,17,22H,1-2H3,(H,26,29)(H,27,28)(H,30,31). The van der Waals surface area contributed by atoms with Gasteiger partial charge in [-0.3, -0.25) is 9.59 Å². The molecule has 2 atom stereocenters. The van der Waals surface area contributed by atoms with Gasteiger partial charge in [0.15, 0.2) is 6.10 Å². The first-order valence-electron chi connectivity index (χ1n) is 10.1. The van der Waals surface area contributed by atoms with Gasteiger partial charge >= 0.3 is 5.97 Å². The van der Waals surface area contributed by atoms with Crippen LogP contribution in [-0.2, 0) is 9.59 Å². The van der Waals surface area contributed by atoms with Crippen LogP contribution in [0.2, 0.25) is 0 Å². The lowest BCUT2D eigenvalue weighted by atomic mass is 10.0. The number of hydrogen-bond acceptors (Lipinski definition) is 4. The van der Waals surface area contributed by atoms with Gasteiger partial charge in [0.05, 0.1) is 0 Å². The van der Waals surface area contributed by atoms with Crippen LogP contribution in [-0.4, -0.2) is 29.0 Å². The van der Waals surface area contributed by atoms with E-state index in [1.807, 2.05) is 6.07 Å². The maximum absolute atomic E-state index is 13.1. The smallest absolute Gasteiger partial charge is 0.344 e. The van der Waals surface area contributed by atoms with Gasteiger partial charge in [-0.2, -0.15) is 0 Å². The molecule has 0 aliphatic heterocycles. The minimum Gasteiger partial charge on any atom is -0.479 e. The number of nitrogens with one attached hydrogen (secondary N) is 2. The molecule has 0 aromatic heterocycles. The number of benzene rings is 3. The second-order valence-corrected chi connectivity index (χ2v) is 7.25. The van der Waals surface area contributed by atoms with Crippen molar-refractivity contribution in [1.29, 1.82) is 0 Å². The number of amides is 2. The van der Waals surface area contributed by atoms with Crippen LogP contribution in [0.3, 0.4) is 0 Å². The Labute approximate surface area is 186 Å². The van der Waals surface area contributed by atoms with Gasteiger partial charge in [0.1, 0.15) is 11.8 Å². The molecule has 0 spiro atoms. The van der Waals surface area contributed by atoms with Crippen molar-refractivity contribution in [1.82, 2.24) is 5.32 Å². The molecule has 2 unspecified atom stereocenters. The maximum Gasteiger partial charge on any atom is 0.344 e. The van der Waals surface area contributed by atoms with E-state index in [0.717, 1.165) is 5.56 Å². The highest BCUT2D eigenvalue weighted by Crippen LogP contribution is 2.25. The van der Waals surface area contributed by atoms with Gasteiger partial charge in [0.25, 0.3) is 11.8 Å². The van der Waals surface area contributed by atoms with Gasteiger partial charge in [0.2, 0.25) is 0 Å². The lowest BCUT2D eigenvalue weighted by Crippen LogP contribution is -2.37. The second-order valence-electron chi connectivity index (χ2n) is 7.25. The van der Waals surface area contributed by atoms with Gasteiger partial charge in [-0.05, 0) is 43.2 Å². The largest absolute Gasteiger partial charge is 0.479 e. The van der Waals surface area contributed by atoms with E-state index in [-0.39, 0.29) is 5.91 Å². The Morgan fingerprint density at radius 2 is 1.53 bits per heavy atom. The van der Waals surface area contributed by atoms with Crippen LogP contribution in [0.4, 0.5) is 5.69 Å². The predicted octanol–water partition coefficient (Wildman–Crippen LogP) is 3.96. The van der Waals surface area contributed by atoms with E-state index >= 15 is 0 Å². The minimum absolute atomic E-state index is 0.349. The van der Waals surface area contributed by atoms with Crippen LogP contribution in [0, 0.1) is 6.92 Å². The Balaban J connectivity index is 1.83. The molecule has 0 aliphatic carbocycles. The van der Waals surface area contributed by atoms with Gasteiger partial charge in [-0.25, -0.2) is 4.79 Å². The highest BCUT2D eigenvalue weighted by atomic mass is 16.5. The number of carboxylic acids is 1. The van der Waals surface area contributed by atoms with E-state index in [9.17, 15) is 14.4 Å². The molecule has 2 amide bonds. The molecular weight excluding hydrogens is 408 g/mol. The molecular formula is C25H24N2O5. The van der Waals surface area contributed by atoms with E-state index < -0.39 is 24.0 Å². The number of carbonyl (C=O) groups excluding carboxylic acids is 2. The summed E-state index contributed by atoms with van der Waals surface area (Å²) in [6.45, 7) is 3.21. The Morgan fingerprint density at radius 1 is 0.906 bits per heavy atom. The number of anilines is 1. The van der Waals surface area contributed by atoms with E-state index in [2.05, 4.69) is 10.6 Å². The van der Waals surface area contributed by atoms with Crippen molar-refractivity contribution >= 4 is 23.5 Å². The Kier molecular flexibility index (Phi) is 7.23. The van der Waals surface area contributed by atoms with Gasteiger partial charge < -0.3 is 20.5 Å².